The van der Waals surface area contributed by atoms with Crippen LogP contribution in [-0.2, 0) is 4.74 Å². The topological polar surface area (TPSA) is 35.2 Å². The van der Waals surface area contributed by atoms with E-state index in [0.717, 1.165) is 38.9 Å². The van der Waals surface area contributed by atoms with Crippen molar-refractivity contribution in [2.24, 2.45) is 5.73 Å². The van der Waals surface area contributed by atoms with Crippen molar-refractivity contribution in [1.82, 2.24) is 0 Å². The summed E-state index contributed by atoms with van der Waals surface area (Å²) < 4.78 is 5.31. The number of nitrogens with two attached hydrogens (primary N) is 1. The molecule has 1 fully saturated rings. The highest BCUT2D eigenvalue weighted by Gasteiger charge is 2.23. The van der Waals surface area contributed by atoms with Gasteiger partial charge in [0.2, 0.25) is 0 Å². The highest BCUT2D eigenvalue weighted by Crippen LogP contribution is 2.21. The molecular formula is C8H17NO. The van der Waals surface area contributed by atoms with Crippen LogP contribution >= 0.6 is 0 Å². The SMILES string of the molecule is CCC1(N)CCCOCC1. The van der Waals surface area contributed by atoms with Crippen LogP contribution in [0, 0.1) is 0 Å². The van der Waals surface area contributed by atoms with Gasteiger partial charge in [-0.05, 0) is 25.7 Å². The third-order valence-corrected chi connectivity index (χ3v) is 2.41. The fraction of sp³-hybridized carbons (Fsp3) is 1.00. The van der Waals surface area contributed by atoms with Crippen LogP contribution in [0.2, 0.25) is 0 Å². The van der Waals surface area contributed by atoms with E-state index in [9.17, 15) is 0 Å². The Kier molecular flexibility index (Phi) is 2.69. The molecule has 1 aliphatic heterocycles. The Bertz CT molecular complexity index is 95.4. The van der Waals surface area contributed by atoms with Crippen molar-refractivity contribution in [3.63, 3.8) is 0 Å². The molecule has 2 N–H and O–H groups in total. The van der Waals surface area contributed by atoms with Gasteiger partial charge in [0, 0.05) is 18.8 Å². The molecule has 60 valence electrons. The van der Waals surface area contributed by atoms with E-state index in [-0.39, 0.29) is 5.54 Å². The first-order valence-corrected chi connectivity index (χ1v) is 4.13. The molecule has 0 amide bonds. The minimum atomic E-state index is 0.0799. The van der Waals surface area contributed by atoms with Crippen molar-refractivity contribution < 1.29 is 4.74 Å². The molecule has 1 rings (SSSR count). The van der Waals surface area contributed by atoms with Gasteiger partial charge in [0.25, 0.3) is 0 Å². The van der Waals surface area contributed by atoms with Gasteiger partial charge >= 0.3 is 0 Å². The number of rotatable bonds is 1. The zero-order valence-corrected chi connectivity index (χ0v) is 6.73. The van der Waals surface area contributed by atoms with Crippen LogP contribution in [-0.4, -0.2) is 18.8 Å². The Morgan fingerprint density at radius 3 is 2.90 bits per heavy atom. The van der Waals surface area contributed by atoms with E-state index in [1.165, 1.54) is 0 Å². The summed E-state index contributed by atoms with van der Waals surface area (Å²) >= 11 is 0. The highest BCUT2D eigenvalue weighted by molar-refractivity contribution is 4.83. The zero-order chi connectivity index (χ0) is 7.45. The normalized spacial score (nSPS) is 35.4. The molecule has 1 atom stereocenters. The zero-order valence-electron chi connectivity index (χ0n) is 6.73. The Morgan fingerprint density at radius 2 is 2.20 bits per heavy atom. The third-order valence-electron chi connectivity index (χ3n) is 2.41. The van der Waals surface area contributed by atoms with E-state index < -0.39 is 0 Å². The molecule has 0 aromatic carbocycles. The third kappa shape index (κ3) is 1.96. The van der Waals surface area contributed by atoms with Gasteiger partial charge in [-0.25, -0.2) is 0 Å². The molecule has 0 radical (unpaired) electrons. The van der Waals surface area contributed by atoms with Gasteiger partial charge in [0.05, 0.1) is 0 Å². The average Bonchev–Trinajstić information content (AvgIpc) is 2.15. The van der Waals surface area contributed by atoms with Crippen molar-refractivity contribution in [2.75, 3.05) is 13.2 Å². The Labute approximate surface area is 62.7 Å². The maximum absolute atomic E-state index is 6.08. The lowest BCUT2D eigenvalue weighted by Gasteiger charge is -2.25. The number of hydrogen-bond donors (Lipinski definition) is 1. The molecule has 1 unspecified atom stereocenters. The van der Waals surface area contributed by atoms with Crippen molar-refractivity contribution in [3.8, 4) is 0 Å². The predicted octanol–water partition coefficient (Wildman–Crippen LogP) is 1.29. The molecule has 2 nitrogen and oxygen atoms in total. The predicted molar refractivity (Wildman–Crippen MR) is 41.9 cm³/mol. The molecule has 1 heterocycles. The van der Waals surface area contributed by atoms with Crippen LogP contribution < -0.4 is 5.73 Å². The fourth-order valence-electron chi connectivity index (χ4n) is 1.38. The Morgan fingerprint density at radius 1 is 1.40 bits per heavy atom. The maximum Gasteiger partial charge on any atom is 0.0483 e. The minimum Gasteiger partial charge on any atom is -0.381 e. The summed E-state index contributed by atoms with van der Waals surface area (Å²) in [5, 5.41) is 0. The molecule has 0 aliphatic carbocycles. The molecular weight excluding hydrogens is 126 g/mol. The van der Waals surface area contributed by atoms with E-state index >= 15 is 0 Å². The summed E-state index contributed by atoms with van der Waals surface area (Å²) in [5.41, 5.74) is 6.16. The molecule has 1 aliphatic rings. The molecule has 10 heavy (non-hydrogen) atoms. The van der Waals surface area contributed by atoms with E-state index in [4.69, 9.17) is 10.5 Å². The van der Waals surface area contributed by atoms with Gasteiger partial charge in [-0.3, -0.25) is 0 Å². The van der Waals surface area contributed by atoms with Crippen LogP contribution in [0.5, 0.6) is 0 Å². The lowest BCUT2D eigenvalue weighted by molar-refractivity contribution is 0.139. The van der Waals surface area contributed by atoms with E-state index in [1.54, 1.807) is 0 Å². The van der Waals surface area contributed by atoms with Gasteiger partial charge in [-0.15, -0.1) is 0 Å². The van der Waals surface area contributed by atoms with Crippen LogP contribution in [0.3, 0.4) is 0 Å². The Balaban J connectivity index is 2.41. The van der Waals surface area contributed by atoms with E-state index in [2.05, 4.69) is 6.92 Å². The largest absolute Gasteiger partial charge is 0.381 e. The first-order chi connectivity index (χ1) is 4.77. The molecule has 0 aromatic heterocycles. The molecule has 0 bridgehead atoms. The van der Waals surface area contributed by atoms with Crippen molar-refractivity contribution >= 4 is 0 Å². The highest BCUT2D eigenvalue weighted by atomic mass is 16.5. The molecule has 0 saturated carbocycles. The standard InChI is InChI=1S/C8H17NO/c1-2-8(9)4-3-6-10-7-5-8/h2-7,9H2,1H3. The van der Waals surface area contributed by atoms with Gasteiger partial charge in [0.1, 0.15) is 0 Å². The van der Waals surface area contributed by atoms with Gasteiger partial charge < -0.3 is 10.5 Å². The number of hydrogen-bond acceptors (Lipinski definition) is 2. The second kappa shape index (κ2) is 3.35. The van der Waals surface area contributed by atoms with Gasteiger partial charge in [-0.1, -0.05) is 6.92 Å². The van der Waals surface area contributed by atoms with Crippen LogP contribution in [0.4, 0.5) is 0 Å². The van der Waals surface area contributed by atoms with Crippen molar-refractivity contribution in [2.45, 2.75) is 38.1 Å². The Hall–Kier alpha value is -0.0800. The number of ether oxygens (including phenoxy) is 1. The van der Waals surface area contributed by atoms with Crippen LogP contribution in [0.15, 0.2) is 0 Å². The smallest absolute Gasteiger partial charge is 0.0483 e. The average molecular weight is 143 g/mol. The van der Waals surface area contributed by atoms with Crippen molar-refractivity contribution in [1.29, 1.82) is 0 Å². The van der Waals surface area contributed by atoms with Crippen LogP contribution in [0.1, 0.15) is 32.6 Å². The summed E-state index contributed by atoms with van der Waals surface area (Å²) in [7, 11) is 0. The second-order valence-corrected chi connectivity index (χ2v) is 3.18. The minimum absolute atomic E-state index is 0.0799. The lowest BCUT2D eigenvalue weighted by atomic mass is 9.89. The summed E-state index contributed by atoms with van der Waals surface area (Å²) in [6.45, 7) is 3.91. The van der Waals surface area contributed by atoms with Crippen LogP contribution in [0.25, 0.3) is 0 Å². The summed E-state index contributed by atoms with van der Waals surface area (Å²) in [6, 6.07) is 0. The molecule has 0 spiro atoms. The first kappa shape index (κ1) is 8.02. The molecule has 1 saturated heterocycles. The summed E-state index contributed by atoms with van der Waals surface area (Å²) in [4.78, 5) is 0. The van der Waals surface area contributed by atoms with E-state index in [0.29, 0.717) is 0 Å². The summed E-state index contributed by atoms with van der Waals surface area (Å²) in [6.07, 6.45) is 4.37. The monoisotopic (exact) mass is 143 g/mol. The summed E-state index contributed by atoms with van der Waals surface area (Å²) in [5.74, 6) is 0. The molecule has 2 heteroatoms. The lowest BCUT2D eigenvalue weighted by Crippen LogP contribution is -2.39. The van der Waals surface area contributed by atoms with Gasteiger partial charge in [0.15, 0.2) is 0 Å². The fourth-order valence-corrected chi connectivity index (χ4v) is 1.38. The molecule has 0 aromatic rings. The second-order valence-electron chi connectivity index (χ2n) is 3.18. The maximum atomic E-state index is 6.08. The van der Waals surface area contributed by atoms with E-state index in [1.807, 2.05) is 0 Å². The van der Waals surface area contributed by atoms with Crippen molar-refractivity contribution in [3.05, 3.63) is 0 Å². The first-order valence-electron chi connectivity index (χ1n) is 4.13. The quantitative estimate of drug-likeness (QED) is 0.600. The van der Waals surface area contributed by atoms with Gasteiger partial charge in [-0.2, -0.15) is 0 Å².